The van der Waals surface area contributed by atoms with Crippen molar-refractivity contribution >= 4 is 29.4 Å². The first-order valence-electron chi connectivity index (χ1n) is 5.35. The van der Waals surface area contributed by atoms with E-state index in [0.29, 0.717) is 18.4 Å². The van der Waals surface area contributed by atoms with E-state index in [1.165, 1.54) is 0 Å². The number of aromatic nitrogens is 3. The van der Waals surface area contributed by atoms with Crippen molar-refractivity contribution in [1.82, 2.24) is 15.0 Å². The molecular weight excluding hydrogens is 256 g/mol. The van der Waals surface area contributed by atoms with Crippen LogP contribution in [0.3, 0.4) is 0 Å². The SMILES string of the molecule is CN(C)c1nc(Cl)nc(NCC(C)(C)C(N)=O)n1. The highest BCUT2D eigenvalue weighted by Crippen LogP contribution is 2.16. The average molecular weight is 273 g/mol. The molecule has 1 aromatic heterocycles. The Bertz CT molecular complexity index is 448. The van der Waals surface area contributed by atoms with Crippen molar-refractivity contribution in [2.75, 3.05) is 30.9 Å². The summed E-state index contributed by atoms with van der Waals surface area (Å²) in [5.74, 6) is 0.352. The Morgan fingerprint density at radius 1 is 1.39 bits per heavy atom. The molecular formula is C10H17ClN6O. The van der Waals surface area contributed by atoms with Crippen molar-refractivity contribution in [3.05, 3.63) is 5.28 Å². The lowest BCUT2D eigenvalue weighted by Crippen LogP contribution is -2.37. The van der Waals surface area contributed by atoms with E-state index in [4.69, 9.17) is 17.3 Å². The second-order valence-corrected chi connectivity index (χ2v) is 5.06. The number of hydrogen-bond acceptors (Lipinski definition) is 6. The molecule has 100 valence electrons. The van der Waals surface area contributed by atoms with Crippen molar-refractivity contribution in [2.24, 2.45) is 11.1 Å². The number of carbonyl (C=O) groups excluding carboxylic acids is 1. The number of rotatable bonds is 5. The van der Waals surface area contributed by atoms with Crippen LogP contribution in [-0.2, 0) is 4.79 Å². The highest BCUT2D eigenvalue weighted by atomic mass is 35.5. The van der Waals surface area contributed by atoms with Crippen LogP contribution in [0.4, 0.5) is 11.9 Å². The molecule has 0 aliphatic carbocycles. The smallest absolute Gasteiger partial charge is 0.230 e. The number of primary amides is 1. The molecule has 0 spiro atoms. The van der Waals surface area contributed by atoms with Gasteiger partial charge in [0.15, 0.2) is 0 Å². The Balaban J connectivity index is 2.82. The van der Waals surface area contributed by atoms with Gasteiger partial charge in [0.25, 0.3) is 0 Å². The molecule has 0 saturated heterocycles. The topological polar surface area (TPSA) is 97.0 Å². The van der Waals surface area contributed by atoms with Crippen molar-refractivity contribution in [2.45, 2.75) is 13.8 Å². The highest BCUT2D eigenvalue weighted by Gasteiger charge is 2.25. The van der Waals surface area contributed by atoms with E-state index in [1.54, 1.807) is 32.8 Å². The fraction of sp³-hybridized carbons (Fsp3) is 0.600. The maximum Gasteiger partial charge on any atom is 0.230 e. The van der Waals surface area contributed by atoms with Crippen LogP contribution in [0.1, 0.15) is 13.8 Å². The first kappa shape index (κ1) is 14.4. The zero-order chi connectivity index (χ0) is 13.9. The molecule has 0 unspecified atom stereocenters. The van der Waals surface area contributed by atoms with Gasteiger partial charge < -0.3 is 16.0 Å². The largest absolute Gasteiger partial charge is 0.369 e. The minimum absolute atomic E-state index is 0.0908. The van der Waals surface area contributed by atoms with E-state index in [1.807, 2.05) is 0 Å². The van der Waals surface area contributed by atoms with Crippen LogP contribution in [0, 0.1) is 5.41 Å². The molecule has 0 fully saturated rings. The molecule has 1 amide bonds. The molecule has 0 aliphatic rings. The molecule has 0 saturated carbocycles. The summed E-state index contributed by atoms with van der Waals surface area (Å²) in [7, 11) is 3.59. The van der Waals surface area contributed by atoms with Gasteiger partial charge in [0, 0.05) is 20.6 Å². The van der Waals surface area contributed by atoms with E-state index in [0.717, 1.165) is 0 Å². The summed E-state index contributed by atoms with van der Waals surface area (Å²) in [6.07, 6.45) is 0. The van der Waals surface area contributed by atoms with E-state index < -0.39 is 11.3 Å². The van der Waals surface area contributed by atoms with E-state index >= 15 is 0 Å². The first-order chi connectivity index (χ1) is 8.22. The third-order valence-electron chi connectivity index (χ3n) is 2.35. The molecule has 3 N–H and O–H groups in total. The van der Waals surface area contributed by atoms with Gasteiger partial charge in [-0.3, -0.25) is 4.79 Å². The maximum atomic E-state index is 11.2. The van der Waals surface area contributed by atoms with Gasteiger partial charge in [-0.05, 0) is 25.4 Å². The summed E-state index contributed by atoms with van der Waals surface area (Å²) in [5.41, 5.74) is 4.58. The van der Waals surface area contributed by atoms with Gasteiger partial charge in [-0.1, -0.05) is 0 Å². The predicted molar refractivity (Wildman–Crippen MR) is 70.6 cm³/mol. The van der Waals surface area contributed by atoms with E-state index in [2.05, 4.69) is 20.3 Å². The summed E-state index contributed by atoms with van der Waals surface area (Å²) >= 11 is 5.79. The van der Waals surface area contributed by atoms with E-state index in [-0.39, 0.29) is 5.28 Å². The fourth-order valence-electron chi connectivity index (χ4n) is 1.01. The first-order valence-corrected chi connectivity index (χ1v) is 5.73. The van der Waals surface area contributed by atoms with Gasteiger partial charge in [0.05, 0.1) is 5.41 Å². The van der Waals surface area contributed by atoms with Gasteiger partial charge in [-0.15, -0.1) is 0 Å². The number of hydrogen-bond donors (Lipinski definition) is 2. The van der Waals surface area contributed by atoms with Crippen LogP contribution in [-0.4, -0.2) is 41.5 Å². The highest BCUT2D eigenvalue weighted by molar-refractivity contribution is 6.28. The molecule has 8 heteroatoms. The number of nitrogens with one attached hydrogen (secondary N) is 1. The van der Waals surface area contributed by atoms with Gasteiger partial charge in [0.2, 0.25) is 23.1 Å². The Kier molecular flexibility index (Phi) is 4.28. The number of amides is 1. The monoisotopic (exact) mass is 272 g/mol. The Morgan fingerprint density at radius 2 is 2.00 bits per heavy atom. The molecule has 0 aromatic carbocycles. The lowest BCUT2D eigenvalue weighted by Gasteiger charge is -2.21. The average Bonchev–Trinajstić information content (AvgIpc) is 2.25. The van der Waals surface area contributed by atoms with E-state index in [9.17, 15) is 4.79 Å². The second kappa shape index (κ2) is 5.34. The summed E-state index contributed by atoms with van der Waals surface area (Å²) in [4.78, 5) is 24.9. The molecule has 1 heterocycles. The Morgan fingerprint density at radius 3 is 2.50 bits per heavy atom. The van der Waals surface area contributed by atoms with Gasteiger partial charge in [-0.25, -0.2) is 0 Å². The lowest BCUT2D eigenvalue weighted by molar-refractivity contribution is -0.125. The van der Waals surface area contributed by atoms with Crippen LogP contribution < -0.4 is 16.0 Å². The minimum Gasteiger partial charge on any atom is -0.369 e. The van der Waals surface area contributed by atoms with Gasteiger partial charge in [-0.2, -0.15) is 15.0 Å². The fourth-order valence-corrected chi connectivity index (χ4v) is 1.16. The minimum atomic E-state index is -0.697. The number of anilines is 2. The van der Waals surface area contributed by atoms with Gasteiger partial charge >= 0.3 is 0 Å². The van der Waals surface area contributed by atoms with Crippen LogP contribution in [0.5, 0.6) is 0 Å². The Hall–Kier alpha value is -1.63. The number of nitrogens with zero attached hydrogens (tertiary/aromatic N) is 4. The number of halogens is 1. The second-order valence-electron chi connectivity index (χ2n) is 4.72. The maximum absolute atomic E-state index is 11.2. The lowest BCUT2D eigenvalue weighted by atomic mass is 9.93. The molecule has 7 nitrogen and oxygen atoms in total. The molecule has 1 rings (SSSR count). The zero-order valence-corrected chi connectivity index (χ0v) is 11.6. The van der Waals surface area contributed by atoms with Crippen LogP contribution in [0.2, 0.25) is 5.28 Å². The number of nitrogens with two attached hydrogens (primary N) is 1. The molecule has 0 radical (unpaired) electrons. The third kappa shape index (κ3) is 3.69. The van der Waals surface area contributed by atoms with Crippen molar-refractivity contribution < 1.29 is 4.79 Å². The zero-order valence-electron chi connectivity index (χ0n) is 10.9. The number of carbonyl (C=O) groups is 1. The van der Waals surface area contributed by atoms with Crippen molar-refractivity contribution in [3.63, 3.8) is 0 Å². The van der Waals surface area contributed by atoms with Crippen LogP contribution in [0.25, 0.3) is 0 Å². The molecule has 0 aliphatic heterocycles. The van der Waals surface area contributed by atoms with Gasteiger partial charge in [0.1, 0.15) is 0 Å². The molecule has 0 atom stereocenters. The predicted octanol–water partition coefficient (Wildman–Crippen LogP) is 0.514. The third-order valence-corrected chi connectivity index (χ3v) is 2.52. The normalized spacial score (nSPS) is 11.2. The standard InChI is InChI=1S/C10H17ClN6O/c1-10(2,6(12)18)5-13-8-14-7(11)15-9(16-8)17(3)4/h5H2,1-4H3,(H2,12,18)(H,13,14,15,16). The molecule has 18 heavy (non-hydrogen) atoms. The summed E-state index contributed by atoms with van der Waals surface area (Å²) < 4.78 is 0. The summed E-state index contributed by atoms with van der Waals surface area (Å²) in [6, 6.07) is 0. The van der Waals surface area contributed by atoms with Crippen LogP contribution in [0.15, 0.2) is 0 Å². The summed E-state index contributed by atoms with van der Waals surface area (Å²) in [5, 5.41) is 3.02. The van der Waals surface area contributed by atoms with Crippen LogP contribution >= 0.6 is 11.6 Å². The quantitative estimate of drug-likeness (QED) is 0.811. The van der Waals surface area contributed by atoms with Crippen molar-refractivity contribution in [3.8, 4) is 0 Å². The molecule has 1 aromatic rings. The molecule has 0 bridgehead atoms. The summed E-state index contributed by atoms with van der Waals surface area (Å²) in [6.45, 7) is 3.78. The van der Waals surface area contributed by atoms with Crippen molar-refractivity contribution in [1.29, 1.82) is 0 Å². The Labute approximate surface area is 111 Å².